The van der Waals surface area contributed by atoms with E-state index in [0.29, 0.717) is 5.75 Å². The van der Waals surface area contributed by atoms with Crippen molar-refractivity contribution in [2.24, 2.45) is 5.92 Å². The molecule has 0 bridgehead atoms. The third kappa shape index (κ3) is 3.24. The molecule has 0 aliphatic rings. The second kappa shape index (κ2) is 5.27. The van der Waals surface area contributed by atoms with E-state index in [9.17, 15) is 9.32 Å². The SMILES string of the molecule is C[C@H](O)[C@H](C)CS(=O)c1ccccc1. The van der Waals surface area contributed by atoms with Gasteiger partial charge in [0.2, 0.25) is 0 Å². The van der Waals surface area contributed by atoms with E-state index in [1.165, 1.54) is 0 Å². The lowest BCUT2D eigenvalue weighted by Gasteiger charge is -2.13. The molecule has 3 atom stereocenters. The summed E-state index contributed by atoms with van der Waals surface area (Å²) in [4.78, 5) is 0.833. The molecule has 1 aromatic rings. The molecule has 0 radical (unpaired) electrons. The molecule has 0 saturated heterocycles. The fraction of sp³-hybridized carbons (Fsp3) is 0.455. The van der Waals surface area contributed by atoms with E-state index in [2.05, 4.69) is 0 Å². The van der Waals surface area contributed by atoms with E-state index in [0.717, 1.165) is 4.90 Å². The molecule has 14 heavy (non-hydrogen) atoms. The van der Waals surface area contributed by atoms with Crippen LogP contribution in [-0.4, -0.2) is 21.2 Å². The average molecular weight is 212 g/mol. The molecule has 1 aromatic carbocycles. The van der Waals surface area contributed by atoms with Crippen LogP contribution in [-0.2, 0) is 10.8 Å². The van der Waals surface area contributed by atoms with Crippen LogP contribution in [0.2, 0.25) is 0 Å². The normalized spacial score (nSPS) is 17.4. The number of aliphatic hydroxyl groups is 1. The Morgan fingerprint density at radius 3 is 2.36 bits per heavy atom. The summed E-state index contributed by atoms with van der Waals surface area (Å²) in [6.07, 6.45) is -0.400. The van der Waals surface area contributed by atoms with Crippen molar-refractivity contribution in [1.29, 1.82) is 0 Å². The second-order valence-corrected chi connectivity index (χ2v) is 5.04. The predicted octanol–water partition coefficient (Wildman–Crippen LogP) is 1.81. The molecule has 0 aliphatic carbocycles. The highest BCUT2D eigenvalue weighted by Gasteiger charge is 2.13. The smallest absolute Gasteiger partial charge is 0.0546 e. The third-order valence-corrected chi connectivity index (χ3v) is 3.87. The number of aliphatic hydroxyl groups excluding tert-OH is 1. The van der Waals surface area contributed by atoms with Gasteiger partial charge >= 0.3 is 0 Å². The maximum absolute atomic E-state index is 11.8. The molecule has 1 N–H and O–H groups in total. The van der Waals surface area contributed by atoms with Crippen molar-refractivity contribution in [3.05, 3.63) is 30.3 Å². The molecule has 0 aliphatic heterocycles. The summed E-state index contributed by atoms with van der Waals surface area (Å²) in [5.74, 6) is 0.581. The van der Waals surface area contributed by atoms with Gasteiger partial charge in [-0.1, -0.05) is 25.1 Å². The van der Waals surface area contributed by atoms with Crippen molar-refractivity contribution >= 4 is 10.8 Å². The fourth-order valence-corrected chi connectivity index (χ4v) is 2.46. The number of hydrogen-bond acceptors (Lipinski definition) is 2. The number of hydrogen-bond donors (Lipinski definition) is 1. The van der Waals surface area contributed by atoms with E-state index in [1.54, 1.807) is 6.92 Å². The van der Waals surface area contributed by atoms with Crippen molar-refractivity contribution < 1.29 is 9.32 Å². The Bertz CT molecular complexity index is 295. The molecule has 3 heteroatoms. The van der Waals surface area contributed by atoms with Gasteiger partial charge in [-0.2, -0.15) is 0 Å². The molecule has 78 valence electrons. The van der Waals surface area contributed by atoms with Crippen LogP contribution in [0.1, 0.15) is 13.8 Å². The monoisotopic (exact) mass is 212 g/mol. The van der Waals surface area contributed by atoms with Gasteiger partial charge in [0.15, 0.2) is 0 Å². The predicted molar refractivity (Wildman–Crippen MR) is 58.6 cm³/mol. The van der Waals surface area contributed by atoms with Crippen molar-refractivity contribution in [2.75, 3.05) is 5.75 Å². The summed E-state index contributed by atoms with van der Waals surface area (Å²) in [5, 5.41) is 9.28. The van der Waals surface area contributed by atoms with Gasteiger partial charge < -0.3 is 5.11 Å². The molecule has 0 spiro atoms. The molecule has 0 saturated carbocycles. The highest BCUT2D eigenvalue weighted by atomic mass is 32.2. The zero-order chi connectivity index (χ0) is 10.6. The molecular weight excluding hydrogens is 196 g/mol. The van der Waals surface area contributed by atoms with Gasteiger partial charge in [0, 0.05) is 10.6 Å². The number of rotatable bonds is 4. The fourth-order valence-electron chi connectivity index (χ4n) is 1.05. The minimum absolute atomic E-state index is 0.0658. The summed E-state index contributed by atoms with van der Waals surface area (Å²) in [5.41, 5.74) is 0. The topological polar surface area (TPSA) is 37.3 Å². The zero-order valence-corrected chi connectivity index (χ0v) is 9.33. The highest BCUT2D eigenvalue weighted by Crippen LogP contribution is 2.11. The van der Waals surface area contributed by atoms with Crippen molar-refractivity contribution in [3.63, 3.8) is 0 Å². The van der Waals surface area contributed by atoms with E-state index < -0.39 is 16.9 Å². The minimum Gasteiger partial charge on any atom is -0.393 e. The standard InChI is InChI=1S/C11H16O2S/c1-9(10(2)12)8-14(13)11-6-4-3-5-7-11/h3-7,9-10,12H,8H2,1-2H3/t9-,10+,14?/m1/s1. The number of benzene rings is 1. The van der Waals surface area contributed by atoms with Crippen LogP contribution in [0.4, 0.5) is 0 Å². The lowest BCUT2D eigenvalue weighted by molar-refractivity contribution is 0.146. The average Bonchev–Trinajstić information content (AvgIpc) is 2.19. The van der Waals surface area contributed by atoms with Gasteiger partial charge in [-0.3, -0.25) is 4.21 Å². The molecule has 0 fully saturated rings. The maximum Gasteiger partial charge on any atom is 0.0546 e. The highest BCUT2D eigenvalue weighted by molar-refractivity contribution is 7.85. The van der Waals surface area contributed by atoms with Crippen LogP contribution in [0.5, 0.6) is 0 Å². The lowest BCUT2D eigenvalue weighted by Crippen LogP contribution is -2.19. The Kier molecular flexibility index (Phi) is 4.29. The molecule has 0 aromatic heterocycles. The Hall–Kier alpha value is -0.670. The molecular formula is C11H16O2S. The van der Waals surface area contributed by atoms with Crippen molar-refractivity contribution in [2.45, 2.75) is 24.8 Å². The van der Waals surface area contributed by atoms with Gasteiger partial charge in [-0.25, -0.2) is 0 Å². The van der Waals surface area contributed by atoms with Crippen LogP contribution in [0.15, 0.2) is 35.2 Å². The Labute approximate surface area is 87.4 Å². The van der Waals surface area contributed by atoms with Crippen molar-refractivity contribution in [1.82, 2.24) is 0 Å². The summed E-state index contributed by atoms with van der Waals surface area (Å²) in [6, 6.07) is 9.36. The summed E-state index contributed by atoms with van der Waals surface area (Å²) in [7, 11) is -0.994. The van der Waals surface area contributed by atoms with Crippen LogP contribution in [0.3, 0.4) is 0 Å². The summed E-state index contributed by atoms with van der Waals surface area (Å²) in [6.45, 7) is 3.64. The first-order valence-corrected chi connectivity index (χ1v) is 6.04. The van der Waals surface area contributed by atoms with E-state index in [-0.39, 0.29) is 5.92 Å². The van der Waals surface area contributed by atoms with E-state index >= 15 is 0 Å². The van der Waals surface area contributed by atoms with Crippen LogP contribution < -0.4 is 0 Å². The first-order chi connectivity index (χ1) is 6.61. The Morgan fingerprint density at radius 1 is 1.29 bits per heavy atom. The van der Waals surface area contributed by atoms with Gasteiger partial charge in [0.1, 0.15) is 0 Å². The largest absolute Gasteiger partial charge is 0.393 e. The molecule has 1 unspecified atom stereocenters. The van der Waals surface area contributed by atoms with Crippen molar-refractivity contribution in [3.8, 4) is 0 Å². The van der Waals surface area contributed by atoms with Gasteiger partial charge in [-0.15, -0.1) is 0 Å². The minimum atomic E-state index is -0.994. The summed E-state index contributed by atoms with van der Waals surface area (Å²) < 4.78 is 11.8. The van der Waals surface area contributed by atoms with E-state index in [4.69, 9.17) is 0 Å². The van der Waals surface area contributed by atoms with Gasteiger partial charge in [0.05, 0.1) is 16.9 Å². The first kappa shape index (κ1) is 11.4. The first-order valence-electron chi connectivity index (χ1n) is 4.72. The molecule has 0 amide bonds. The summed E-state index contributed by atoms with van der Waals surface area (Å²) >= 11 is 0. The molecule has 2 nitrogen and oxygen atoms in total. The lowest BCUT2D eigenvalue weighted by atomic mass is 10.1. The van der Waals surface area contributed by atoms with Crippen LogP contribution >= 0.6 is 0 Å². The maximum atomic E-state index is 11.8. The Balaban J connectivity index is 2.60. The third-order valence-electron chi connectivity index (χ3n) is 2.24. The molecule has 1 rings (SSSR count). The zero-order valence-electron chi connectivity index (χ0n) is 8.51. The van der Waals surface area contributed by atoms with Crippen LogP contribution in [0.25, 0.3) is 0 Å². The van der Waals surface area contributed by atoms with Gasteiger partial charge in [-0.05, 0) is 25.0 Å². The molecule has 0 heterocycles. The quantitative estimate of drug-likeness (QED) is 0.826. The van der Waals surface area contributed by atoms with E-state index in [1.807, 2.05) is 37.3 Å². The second-order valence-electron chi connectivity index (χ2n) is 3.54. The van der Waals surface area contributed by atoms with Gasteiger partial charge in [0.25, 0.3) is 0 Å². The van der Waals surface area contributed by atoms with Crippen LogP contribution in [0, 0.1) is 5.92 Å². The Morgan fingerprint density at radius 2 is 1.86 bits per heavy atom.